The molecule has 4 heteroatoms. The first-order valence-corrected chi connectivity index (χ1v) is 6.30. The highest BCUT2D eigenvalue weighted by molar-refractivity contribution is 5.78. The zero-order valence-corrected chi connectivity index (χ0v) is 10.7. The van der Waals surface area contributed by atoms with Crippen molar-refractivity contribution < 1.29 is 0 Å². The Hall–Kier alpha value is -0.770. The van der Waals surface area contributed by atoms with E-state index in [1.54, 1.807) is 0 Å². The van der Waals surface area contributed by atoms with Crippen molar-refractivity contribution in [1.82, 2.24) is 9.80 Å². The van der Waals surface area contributed by atoms with Crippen molar-refractivity contribution in [3.63, 3.8) is 0 Å². The molecular weight excluding hydrogens is 200 g/mol. The zero-order valence-electron chi connectivity index (χ0n) is 10.7. The number of aliphatic imine (C=N–C) groups is 1. The van der Waals surface area contributed by atoms with Gasteiger partial charge in [0.2, 0.25) is 0 Å². The van der Waals surface area contributed by atoms with Gasteiger partial charge in [0.05, 0.1) is 5.54 Å². The lowest BCUT2D eigenvalue weighted by Crippen LogP contribution is -2.52. The highest BCUT2D eigenvalue weighted by atomic mass is 15.3. The molecule has 0 amide bonds. The Morgan fingerprint density at radius 3 is 2.12 bits per heavy atom. The third-order valence-electron chi connectivity index (χ3n) is 3.15. The summed E-state index contributed by atoms with van der Waals surface area (Å²) in [5.41, 5.74) is 5.96. The molecule has 1 heterocycles. The number of hydrogen-bond donors (Lipinski definition) is 1. The molecule has 1 saturated carbocycles. The summed E-state index contributed by atoms with van der Waals surface area (Å²) < 4.78 is 0. The van der Waals surface area contributed by atoms with Crippen LogP contribution in [0.3, 0.4) is 0 Å². The van der Waals surface area contributed by atoms with Crippen molar-refractivity contribution in [3.8, 4) is 0 Å². The van der Waals surface area contributed by atoms with E-state index < -0.39 is 0 Å². The minimum atomic E-state index is -0.0717. The topological polar surface area (TPSA) is 44.9 Å². The Labute approximate surface area is 98.5 Å². The molecule has 2 N–H and O–H groups in total. The molecule has 0 spiro atoms. The fraction of sp³-hybridized carbons (Fsp3) is 0.917. The van der Waals surface area contributed by atoms with E-state index >= 15 is 0 Å². The van der Waals surface area contributed by atoms with Crippen LogP contribution < -0.4 is 5.73 Å². The van der Waals surface area contributed by atoms with Crippen molar-refractivity contribution in [2.24, 2.45) is 10.7 Å². The molecule has 0 aromatic rings. The standard InChI is InChI=1S/C12H24N4/c1-12(2,3)14-11(13)16-8-6-15(7-9-16)10-4-5-10/h10H,4-9H2,1-3H3,(H2,13,14). The number of nitrogens with two attached hydrogens (primary N) is 1. The van der Waals surface area contributed by atoms with Crippen LogP contribution in [-0.4, -0.2) is 53.5 Å². The summed E-state index contributed by atoms with van der Waals surface area (Å²) >= 11 is 0. The molecule has 0 unspecified atom stereocenters. The van der Waals surface area contributed by atoms with Gasteiger partial charge in [0.1, 0.15) is 0 Å². The van der Waals surface area contributed by atoms with Crippen LogP contribution in [0.4, 0.5) is 0 Å². The second kappa shape index (κ2) is 4.24. The minimum Gasteiger partial charge on any atom is -0.370 e. The van der Waals surface area contributed by atoms with E-state index in [9.17, 15) is 0 Å². The van der Waals surface area contributed by atoms with Gasteiger partial charge in [0.15, 0.2) is 5.96 Å². The SMILES string of the molecule is CC(C)(C)N=C(N)N1CCN(C2CC2)CC1. The first kappa shape index (κ1) is 11.7. The summed E-state index contributed by atoms with van der Waals surface area (Å²) in [5, 5.41) is 0. The third-order valence-corrected chi connectivity index (χ3v) is 3.15. The lowest BCUT2D eigenvalue weighted by Gasteiger charge is -2.36. The van der Waals surface area contributed by atoms with E-state index in [1.165, 1.54) is 12.8 Å². The van der Waals surface area contributed by atoms with E-state index in [-0.39, 0.29) is 5.54 Å². The smallest absolute Gasteiger partial charge is 0.191 e. The molecule has 0 radical (unpaired) electrons. The number of rotatable bonds is 1. The van der Waals surface area contributed by atoms with Crippen LogP contribution in [-0.2, 0) is 0 Å². The molecule has 0 atom stereocenters. The Bertz CT molecular complexity index is 267. The van der Waals surface area contributed by atoms with Crippen molar-refractivity contribution in [3.05, 3.63) is 0 Å². The van der Waals surface area contributed by atoms with Crippen LogP contribution in [0.1, 0.15) is 33.6 Å². The fourth-order valence-corrected chi connectivity index (χ4v) is 2.17. The van der Waals surface area contributed by atoms with Gasteiger partial charge in [-0.15, -0.1) is 0 Å². The van der Waals surface area contributed by atoms with Gasteiger partial charge in [-0.2, -0.15) is 0 Å². The van der Waals surface area contributed by atoms with Crippen LogP contribution in [0.15, 0.2) is 4.99 Å². The first-order valence-electron chi connectivity index (χ1n) is 6.30. The predicted molar refractivity (Wildman–Crippen MR) is 67.5 cm³/mol. The molecule has 1 aliphatic heterocycles. The normalized spacial score (nSPS) is 24.9. The quantitative estimate of drug-likeness (QED) is 0.531. The van der Waals surface area contributed by atoms with Gasteiger partial charge >= 0.3 is 0 Å². The lowest BCUT2D eigenvalue weighted by molar-refractivity contribution is 0.173. The van der Waals surface area contributed by atoms with Gasteiger partial charge in [-0.1, -0.05) is 0 Å². The molecule has 2 fully saturated rings. The van der Waals surface area contributed by atoms with Crippen molar-refractivity contribution in [2.45, 2.75) is 45.2 Å². The Morgan fingerprint density at radius 2 is 1.69 bits per heavy atom. The number of hydrogen-bond acceptors (Lipinski definition) is 2. The van der Waals surface area contributed by atoms with Crippen LogP contribution >= 0.6 is 0 Å². The number of nitrogens with zero attached hydrogens (tertiary/aromatic N) is 3. The number of piperazine rings is 1. The van der Waals surface area contributed by atoms with Crippen LogP contribution in [0, 0.1) is 0 Å². The molecule has 0 bridgehead atoms. The molecular formula is C12H24N4. The summed E-state index contributed by atoms with van der Waals surface area (Å²) in [7, 11) is 0. The molecule has 0 aromatic carbocycles. The molecule has 2 aliphatic rings. The molecule has 4 nitrogen and oxygen atoms in total. The van der Waals surface area contributed by atoms with Crippen molar-refractivity contribution in [1.29, 1.82) is 0 Å². The monoisotopic (exact) mass is 224 g/mol. The highest BCUT2D eigenvalue weighted by Crippen LogP contribution is 2.27. The summed E-state index contributed by atoms with van der Waals surface area (Å²) in [4.78, 5) is 9.32. The summed E-state index contributed by atoms with van der Waals surface area (Å²) in [6.07, 6.45) is 2.79. The summed E-state index contributed by atoms with van der Waals surface area (Å²) in [6.45, 7) is 10.6. The second-order valence-corrected chi connectivity index (χ2v) is 5.90. The molecule has 2 rings (SSSR count). The maximum Gasteiger partial charge on any atom is 0.191 e. The van der Waals surface area contributed by atoms with Crippen molar-refractivity contribution in [2.75, 3.05) is 26.2 Å². The maximum atomic E-state index is 6.03. The first-order chi connectivity index (χ1) is 7.46. The largest absolute Gasteiger partial charge is 0.370 e. The molecule has 92 valence electrons. The maximum absolute atomic E-state index is 6.03. The van der Waals surface area contributed by atoms with Crippen LogP contribution in [0.25, 0.3) is 0 Å². The van der Waals surface area contributed by atoms with E-state index in [1.807, 2.05) is 0 Å². The van der Waals surface area contributed by atoms with E-state index in [4.69, 9.17) is 5.73 Å². The molecule has 16 heavy (non-hydrogen) atoms. The zero-order chi connectivity index (χ0) is 11.8. The highest BCUT2D eigenvalue weighted by Gasteiger charge is 2.31. The summed E-state index contributed by atoms with van der Waals surface area (Å²) in [5.74, 6) is 0.711. The van der Waals surface area contributed by atoms with Crippen LogP contribution in [0.2, 0.25) is 0 Å². The Morgan fingerprint density at radius 1 is 1.12 bits per heavy atom. The van der Waals surface area contributed by atoms with Crippen molar-refractivity contribution >= 4 is 5.96 Å². The van der Waals surface area contributed by atoms with Gasteiger partial charge in [0, 0.05) is 32.2 Å². The molecule has 0 aromatic heterocycles. The second-order valence-electron chi connectivity index (χ2n) is 5.90. The van der Waals surface area contributed by atoms with E-state index in [2.05, 4.69) is 35.6 Å². The summed E-state index contributed by atoms with van der Waals surface area (Å²) in [6, 6.07) is 0.878. The van der Waals surface area contributed by atoms with Gasteiger partial charge in [-0.05, 0) is 33.6 Å². The van der Waals surface area contributed by atoms with Crippen LogP contribution in [0.5, 0.6) is 0 Å². The van der Waals surface area contributed by atoms with Gasteiger partial charge in [-0.3, -0.25) is 4.90 Å². The van der Waals surface area contributed by atoms with Gasteiger partial charge in [-0.25, -0.2) is 4.99 Å². The lowest BCUT2D eigenvalue weighted by atomic mass is 10.1. The third kappa shape index (κ3) is 3.11. The Kier molecular flexibility index (Phi) is 3.10. The van der Waals surface area contributed by atoms with E-state index in [0.29, 0.717) is 5.96 Å². The fourth-order valence-electron chi connectivity index (χ4n) is 2.17. The Balaban J connectivity index is 1.85. The minimum absolute atomic E-state index is 0.0717. The van der Waals surface area contributed by atoms with E-state index in [0.717, 1.165) is 32.2 Å². The van der Waals surface area contributed by atoms with Gasteiger partial charge < -0.3 is 10.6 Å². The average Bonchev–Trinajstić information content (AvgIpc) is 2.98. The van der Waals surface area contributed by atoms with Gasteiger partial charge in [0.25, 0.3) is 0 Å². The average molecular weight is 224 g/mol. The number of guanidine groups is 1. The molecule has 1 aliphatic carbocycles. The molecule has 1 saturated heterocycles. The predicted octanol–water partition coefficient (Wildman–Crippen LogP) is 0.880.